The van der Waals surface area contributed by atoms with Gasteiger partial charge in [0.05, 0.1) is 18.4 Å². The first-order valence-electron chi connectivity index (χ1n) is 6.80. The summed E-state index contributed by atoms with van der Waals surface area (Å²) in [6, 6.07) is 8.59. The summed E-state index contributed by atoms with van der Waals surface area (Å²) in [6.45, 7) is 0.142. The lowest BCUT2D eigenvalue weighted by Crippen LogP contribution is -2.21. The summed E-state index contributed by atoms with van der Waals surface area (Å²) in [7, 11) is 0. The Kier molecular flexibility index (Phi) is 4.59. The molecule has 3 rings (SSSR count). The average Bonchev–Trinajstić information content (AvgIpc) is 3.22. The molecule has 1 amide bonds. The maximum Gasteiger partial charge on any atom is 0.356 e. The zero-order chi connectivity index (χ0) is 17.1. The molecular weight excluding hydrogens is 352 g/mol. The van der Waals surface area contributed by atoms with Gasteiger partial charge >= 0.3 is 5.97 Å². The van der Waals surface area contributed by atoms with Gasteiger partial charge < -0.3 is 10.4 Å². The van der Waals surface area contributed by atoms with Gasteiger partial charge in [0, 0.05) is 10.6 Å². The van der Waals surface area contributed by atoms with Crippen molar-refractivity contribution in [3.8, 4) is 10.6 Å². The predicted molar refractivity (Wildman–Crippen MR) is 89.3 cm³/mol. The van der Waals surface area contributed by atoms with E-state index in [1.54, 1.807) is 12.1 Å². The molecule has 1 aromatic carbocycles. The lowest BCUT2D eigenvalue weighted by atomic mass is 10.2. The Hall–Kier alpha value is -2.71. The number of carbonyl (C=O) groups excluding carboxylic acids is 1. The van der Waals surface area contributed by atoms with E-state index in [2.05, 4.69) is 20.5 Å². The van der Waals surface area contributed by atoms with Crippen LogP contribution < -0.4 is 5.32 Å². The van der Waals surface area contributed by atoms with E-state index in [4.69, 9.17) is 16.7 Å². The number of benzene rings is 1. The molecule has 0 bridgehead atoms. The molecule has 2 aromatic heterocycles. The standard InChI is InChI=1S/C15H11ClN4O3S/c16-9-3-1-2-8(4-9)14-18-7-12(24-14)13(21)17-6-10-5-11(15(22)23)20-19-10/h1-5,7H,6H2,(H,17,21)(H,19,20)(H,22,23). The van der Waals surface area contributed by atoms with Crippen LogP contribution in [0.15, 0.2) is 36.5 Å². The number of amides is 1. The highest BCUT2D eigenvalue weighted by atomic mass is 35.5. The molecule has 0 saturated carbocycles. The van der Waals surface area contributed by atoms with Gasteiger partial charge in [0.2, 0.25) is 0 Å². The third-order valence-electron chi connectivity index (χ3n) is 3.09. The van der Waals surface area contributed by atoms with Gasteiger partial charge in [-0.05, 0) is 18.2 Å². The van der Waals surface area contributed by atoms with Gasteiger partial charge in [0.15, 0.2) is 5.69 Å². The summed E-state index contributed by atoms with van der Waals surface area (Å²) in [5.74, 6) is -1.43. The molecule has 24 heavy (non-hydrogen) atoms. The lowest BCUT2D eigenvalue weighted by Gasteiger charge is -2.00. The summed E-state index contributed by atoms with van der Waals surface area (Å²) in [5, 5.41) is 19.0. The van der Waals surface area contributed by atoms with E-state index in [1.807, 2.05) is 12.1 Å². The number of nitrogens with zero attached hydrogens (tertiary/aromatic N) is 2. The number of carbonyl (C=O) groups is 2. The number of carboxylic acid groups (broad SMARTS) is 1. The fourth-order valence-corrected chi connectivity index (χ4v) is 2.98. The monoisotopic (exact) mass is 362 g/mol. The first-order valence-corrected chi connectivity index (χ1v) is 8.00. The predicted octanol–water partition coefficient (Wildman–Crippen LogP) is 2.81. The van der Waals surface area contributed by atoms with Crippen LogP contribution in [0.1, 0.15) is 25.9 Å². The Bertz CT molecular complexity index is 906. The molecule has 0 unspecified atom stereocenters. The first-order chi connectivity index (χ1) is 11.5. The molecule has 0 aliphatic carbocycles. The van der Waals surface area contributed by atoms with Crippen molar-refractivity contribution in [3.63, 3.8) is 0 Å². The number of halogens is 1. The lowest BCUT2D eigenvalue weighted by molar-refractivity contribution is 0.0690. The fourth-order valence-electron chi connectivity index (χ4n) is 1.96. The molecule has 0 fully saturated rings. The molecule has 0 aliphatic heterocycles. The summed E-state index contributed by atoms with van der Waals surface area (Å²) in [5.41, 5.74) is 1.24. The van der Waals surface area contributed by atoms with E-state index >= 15 is 0 Å². The Balaban J connectivity index is 1.66. The zero-order valence-corrected chi connectivity index (χ0v) is 13.7. The summed E-state index contributed by atoms with van der Waals surface area (Å²) in [6.07, 6.45) is 1.49. The van der Waals surface area contributed by atoms with Crippen LogP contribution in [0.2, 0.25) is 5.02 Å². The second-order valence-corrected chi connectivity index (χ2v) is 6.27. The van der Waals surface area contributed by atoms with Gasteiger partial charge in [-0.3, -0.25) is 9.89 Å². The van der Waals surface area contributed by atoms with E-state index in [-0.39, 0.29) is 18.1 Å². The van der Waals surface area contributed by atoms with Crippen molar-refractivity contribution >= 4 is 34.8 Å². The summed E-state index contributed by atoms with van der Waals surface area (Å²) < 4.78 is 0. The highest BCUT2D eigenvalue weighted by Gasteiger charge is 2.13. The topological polar surface area (TPSA) is 108 Å². The van der Waals surface area contributed by atoms with Crippen LogP contribution >= 0.6 is 22.9 Å². The van der Waals surface area contributed by atoms with Gasteiger partial charge in [-0.25, -0.2) is 9.78 Å². The van der Waals surface area contributed by atoms with Crippen LogP contribution in [0.3, 0.4) is 0 Å². The van der Waals surface area contributed by atoms with E-state index in [1.165, 1.54) is 23.6 Å². The number of nitrogens with one attached hydrogen (secondary N) is 2. The number of aromatic amines is 1. The van der Waals surface area contributed by atoms with Crippen LogP contribution in [0.5, 0.6) is 0 Å². The molecule has 122 valence electrons. The van der Waals surface area contributed by atoms with Gasteiger partial charge in [-0.1, -0.05) is 23.7 Å². The van der Waals surface area contributed by atoms with Crippen molar-refractivity contribution in [1.29, 1.82) is 0 Å². The van der Waals surface area contributed by atoms with Gasteiger partial charge in [0.25, 0.3) is 5.91 Å². The molecule has 0 spiro atoms. The maximum atomic E-state index is 12.2. The van der Waals surface area contributed by atoms with Crippen molar-refractivity contribution in [1.82, 2.24) is 20.5 Å². The third kappa shape index (κ3) is 3.61. The molecule has 9 heteroatoms. The Morgan fingerprint density at radius 3 is 2.88 bits per heavy atom. The van der Waals surface area contributed by atoms with E-state index in [0.717, 1.165) is 5.56 Å². The molecule has 0 saturated heterocycles. The molecule has 0 radical (unpaired) electrons. The minimum absolute atomic E-state index is 0.0970. The van der Waals surface area contributed by atoms with Crippen LogP contribution in [0.4, 0.5) is 0 Å². The molecule has 7 nitrogen and oxygen atoms in total. The molecule has 2 heterocycles. The van der Waals surface area contributed by atoms with Crippen molar-refractivity contribution in [3.05, 3.63) is 57.8 Å². The van der Waals surface area contributed by atoms with E-state index in [9.17, 15) is 9.59 Å². The molecule has 3 N–H and O–H groups in total. The number of hydrogen-bond acceptors (Lipinski definition) is 5. The number of hydrogen-bond donors (Lipinski definition) is 3. The SMILES string of the molecule is O=C(O)c1cc(CNC(=O)c2cnc(-c3cccc(Cl)c3)s2)[nH]n1. The zero-order valence-electron chi connectivity index (χ0n) is 12.1. The maximum absolute atomic E-state index is 12.2. The van der Waals surface area contributed by atoms with Crippen molar-refractivity contribution in [2.75, 3.05) is 0 Å². The highest BCUT2D eigenvalue weighted by molar-refractivity contribution is 7.16. The largest absolute Gasteiger partial charge is 0.476 e. The smallest absolute Gasteiger partial charge is 0.356 e. The molecular formula is C15H11ClN4O3S. The number of thiazole rings is 1. The van der Waals surface area contributed by atoms with Crippen molar-refractivity contribution < 1.29 is 14.7 Å². The number of aromatic carboxylic acids is 1. The van der Waals surface area contributed by atoms with Crippen molar-refractivity contribution in [2.24, 2.45) is 0 Å². The molecule has 0 atom stereocenters. The van der Waals surface area contributed by atoms with Crippen LogP contribution in [-0.4, -0.2) is 32.2 Å². The second kappa shape index (κ2) is 6.81. The Labute approximate surface area is 145 Å². The summed E-state index contributed by atoms with van der Waals surface area (Å²) >= 11 is 7.20. The minimum Gasteiger partial charge on any atom is -0.476 e. The molecule has 0 aliphatic rings. The quantitative estimate of drug-likeness (QED) is 0.646. The Morgan fingerprint density at radius 2 is 2.17 bits per heavy atom. The van der Waals surface area contributed by atoms with E-state index < -0.39 is 5.97 Å². The number of aromatic nitrogens is 3. The van der Waals surface area contributed by atoms with Crippen molar-refractivity contribution in [2.45, 2.75) is 6.54 Å². The first kappa shape index (κ1) is 16.2. The summed E-state index contributed by atoms with van der Waals surface area (Å²) in [4.78, 5) is 27.6. The Morgan fingerprint density at radius 1 is 1.33 bits per heavy atom. The average molecular weight is 363 g/mol. The van der Waals surface area contributed by atoms with Gasteiger partial charge in [-0.15, -0.1) is 11.3 Å². The number of H-pyrrole nitrogens is 1. The van der Waals surface area contributed by atoms with Gasteiger partial charge in [-0.2, -0.15) is 5.10 Å². The van der Waals surface area contributed by atoms with Gasteiger partial charge in [0.1, 0.15) is 9.88 Å². The normalized spacial score (nSPS) is 10.5. The molecule has 3 aromatic rings. The van der Waals surface area contributed by atoms with E-state index in [0.29, 0.717) is 20.6 Å². The van der Waals surface area contributed by atoms with Crippen LogP contribution in [0.25, 0.3) is 10.6 Å². The highest BCUT2D eigenvalue weighted by Crippen LogP contribution is 2.27. The number of rotatable bonds is 5. The fraction of sp³-hybridized carbons (Fsp3) is 0.0667. The minimum atomic E-state index is -1.13. The second-order valence-electron chi connectivity index (χ2n) is 4.81. The van der Waals surface area contributed by atoms with Crippen LogP contribution in [-0.2, 0) is 6.54 Å². The third-order valence-corrected chi connectivity index (χ3v) is 4.37. The number of carboxylic acids is 1. The van der Waals surface area contributed by atoms with Crippen LogP contribution in [0, 0.1) is 0 Å².